The van der Waals surface area contributed by atoms with Crippen molar-refractivity contribution in [3.63, 3.8) is 0 Å². The van der Waals surface area contributed by atoms with Gasteiger partial charge in [0.2, 0.25) is 17.7 Å². The number of aliphatic hydroxyl groups is 1. The van der Waals surface area contributed by atoms with Gasteiger partial charge in [0.1, 0.15) is 18.1 Å². The summed E-state index contributed by atoms with van der Waals surface area (Å²) in [5.41, 5.74) is 11.4. The molecular weight excluding hydrogens is 470 g/mol. The van der Waals surface area contributed by atoms with Crippen molar-refractivity contribution in [1.29, 1.82) is 0 Å². The molecule has 0 saturated carbocycles. The Labute approximate surface area is 203 Å². The summed E-state index contributed by atoms with van der Waals surface area (Å²) < 4.78 is 0. The van der Waals surface area contributed by atoms with E-state index in [1.165, 1.54) is 30.4 Å². The van der Waals surface area contributed by atoms with Crippen LogP contribution in [-0.4, -0.2) is 94.7 Å². The monoisotopic (exact) mass is 509 g/mol. The van der Waals surface area contributed by atoms with Crippen LogP contribution in [0, 0.1) is 0 Å². The van der Waals surface area contributed by atoms with Gasteiger partial charge in [-0.1, -0.05) is 6.42 Å². The van der Waals surface area contributed by atoms with E-state index < -0.39 is 54.0 Å². The zero-order chi connectivity index (χ0) is 25.4. The molecule has 5 atom stereocenters. The largest absolute Gasteiger partial charge is 0.480 e. The van der Waals surface area contributed by atoms with Crippen molar-refractivity contribution >= 4 is 47.2 Å². The maximum absolute atomic E-state index is 12.9. The average molecular weight is 510 g/mol. The molecule has 0 spiro atoms. The molecule has 0 aliphatic carbocycles. The molecule has 9 N–H and O–H groups in total. The summed E-state index contributed by atoms with van der Waals surface area (Å²) >= 11 is 2.91. The molecule has 0 aromatic rings. The lowest BCUT2D eigenvalue weighted by Crippen LogP contribution is -2.60. The first-order valence-corrected chi connectivity index (χ1v) is 13.6. The molecular formula is C20H39N5O6S2. The van der Waals surface area contributed by atoms with Crippen LogP contribution in [0.25, 0.3) is 0 Å². The van der Waals surface area contributed by atoms with Crippen LogP contribution in [0.3, 0.4) is 0 Å². The van der Waals surface area contributed by atoms with Crippen LogP contribution in [0.5, 0.6) is 0 Å². The minimum atomic E-state index is -1.39. The van der Waals surface area contributed by atoms with Crippen molar-refractivity contribution in [2.75, 3.05) is 30.6 Å². The molecule has 0 radical (unpaired) electrons. The van der Waals surface area contributed by atoms with Gasteiger partial charge in [0.05, 0.1) is 12.1 Å². The number of hydrogen-bond donors (Lipinski definition) is 7. The lowest BCUT2D eigenvalue weighted by molar-refractivity contribution is -0.143. The summed E-state index contributed by atoms with van der Waals surface area (Å²) in [5.74, 6) is -2.11. The van der Waals surface area contributed by atoms with E-state index in [4.69, 9.17) is 11.5 Å². The Balaban J connectivity index is 5.25. The molecule has 5 unspecified atom stereocenters. The Hall–Kier alpha value is -1.54. The maximum atomic E-state index is 12.9. The number of carboxylic acid groups (broad SMARTS) is 1. The fourth-order valence-electron chi connectivity index (χ4n) is 2.84. The summed E-state index contributed by atoms with van der Waals surface area (Å²) in [6, 6.07) is -4.31. The molecule has 13 heteroatoms. The minimum absolute atomic E-state index is 0.192. The number of nitrogens with two attached hydrogens (primary N) is 2. The number of unbranched alkanes of at least 4 members (excludes halogenated alkanes) is 1. The number of thioether (sulfide) groups is 2. The Bertz CT molecular complexity index is 626. The van der Waals surface area contributed by atoms with Gasteiger partial charge in [-0.05, 0) is 63.2 Å². The molecule has 33 heavy (non-hydrogen) atoms. The second-order valence-corrected chi connectivity index (χ2v) is 9.61. The first kappa shape index (κ1) is 31.5. The maximum Gasteiger partial charge on any atom is 0.326 e. The van der Waals surface area contributed by atoms with Crippen LogP contribution in [-0.2, 0) is 19.2 Å². The predicted octanol–water partition coefficient (Wildman–Crippen LogP) is -1.13. The summed E-state index contributed by atoms with van der Waals surface area (Å²) in [5, 5.41) is 26.8. The molecule has 0 heterocycles. The zero-order valence-corrected chi connectivity index (χ0v) is 21.2. The number of aliphatic hydroxyl groups excluding tert-OH is 1. The average Bonchev–Trinajstić information content (AvgIpc) is 2.76. The van der Waals surface area contributed by atoms with E-state index in [9.17, 15) is 29.4 Å². The lowest BCUT2D eigenvalue weighted by Gasteiger charge is -2.26. The van der Waals surface area contributed by atoms with Gasteiger partial charge in [-0.25, -0.2) is 4.79 Å². The fraction of sp³-hybridized carbons (Fsp3) is 0.800. The van der Waals surface area contributed by atoms with E-state index in [1.54, 1.807) is 0 Å². The molecule has 0 saturated heterocycles. The second kappa shape index (κ2) is 17.9. The molecule has 0 aromatic heterocycles. The van der Waals surface area contributed by atoms with Crippen LogP contribution in [0.2, 0.25) is 0 Å². The minimum Gasteiger partial charge on any atom is -0.480 e. The van der Waals surface area contributed by atoms with Gasteiger partial charge in [-0.2, -0.15) is 23.5 Å². The highest BCUT2D eigenvalue weighted by molar-refractivity contribution is 7.98. The number of carboxylic acids is 1. The van der Waals surface area contributed by atoms with E-state index in [2.05, 4.69) is 16.0 Å². The number of hydrogen-bond acceptors (Lipinski definition) is 9. The van der Waals surface area contributed by atoms with Crippen molar-refractivity contribution in [2.24, 2.45) is 11.5 Å². The number of carbonyl (C=O) groups is 4. The Morgan fingerprint density at radius 1 is 0.848 bits per heavy atom. The van der Waals surface area contributed by atoms with Crippen LogP contribution in [0.4, 0.5) is 0 Å². The van der Waals surface area contributed by atoms with Crippen molar-refractivity contribution in [2.45, 2.75) is 69.3 Å². The molecule has 3 amide bonds. The third-order valence-electron chi connectivity index (χ3n) is 4.84. The van der Waals surface area contributed by atoms with Crippen molar-refractivity contribution in [3.05, 3.63) is 0 Å². The Morgan fingerprint density at radius 2 is 1.39 bits per heavy atom. The standard InChI is InChI=1S/C20H39N5O6S2/c1-12(26)16(19(29)24-15(20(30)31)8-11-33-3)25-18(28)14(7-10-32-2)23-17(27)13(22)6-4-5-9-21/h12-16,26H,4-11,21-22H2,1-3H3,(H,23,27)(H,24,29)(H,25,28)(H,30,31). The molecule has 192 valence electrons. The van der Waals surface area contributed by atoms with Crippen molar-refractivity contribution in [3.8, 4) is 0 Å². The number of aliphatic carboxylic acids is 1. The number of carbonyl (C=O) groups excluding carboxylic acids is 3. The topological polar surface area (TPSA) is 197 Å². The molecule has 0 aromatic carbocycles. The quantitative estimate of drug-likeness (QED) is 0.111. The van der Waals surface area contributed by atoms with Gasteiger partial charge in [-0.3, -0.25) is 14.4 Å². The molecule has 11 nitrogen and oxygen atoms in total. The highest BCUT2D eigenvalue weighted by Gasteiger charge is 2.32. The SMILES string of the molecule is CSCCC(NC(=O)C(NC(=O)C(CCSC)NC(=O)C(N)CCCCN)C(C)O)C(=O)O. The highest BCUT2D eigenvalue weighted by atomic mass is 32.2. The van der Waals surface area contributed by atoms with Gasteiger partial charge >= 0.3 is 5.97 Å². The van der Waals surface area contributed by atoms with Crippen LogP contribution in [0.1, 0.15) is 39.0 Å². The zero-order valence-electron chi connectivity index (χ0n) is 19.5. The van der Waals surface area contributed by atoms with E-state index in [0.717, 1.165) is 6.42 Å². The molecule has 0 aliphatic heterocycles. The summed E-state index contributed by atoms with van der Waals surface area (Å²) in [7, 11) is 0. The summed E-state index contributed by atoms with van der Waals surface area (Å²) in [6.45, 7) is 1.81. The smallest absolute Gasteiger partial charge is 0.326 e. The normalized spacial score (nSPS) is 15.6. The lowest BCUT2D eigenvalue weighted by atomic mass is 10.1. The molecule has 0 aliphatic rings. The third-order valence-corrected chi connectivity index (χ3v) is 6.13. The number of amides is 3. The van der Waals surface area contributed by atoms with Gasteiger partial charge in [0.25, 0.3) is 0 Å². The van der Waals surface area contributed by atoms with E-state index in [0.29, 0.717) is 30.9 Å². The third kappa shape index (κ3) is 13.1. The number of nitrogens with one attached hydrogen (secondary N) is 3. The van der Waals surface area contributed by atoms with Gasteiger partial charge in [0, 0.05) is 0 Å². The van der Waals surface area contributed by atoms with E-state index in [-0.39, 0.29) is 12.8 Å². The Morgan fingerprint density at radius 3 is 1.88 bits per heavy atom. The molecule has 0 bridgehead atoms. The molecule has 0 fully saturated rings. The highest BCUT2D eigenvalue weighted by Crippen LogP contribution is 2.06. The Kier molecular flexibility index (Phi) is 17.0. The van der Waals surface area contributed by atoms with Crippen molar-refractivity contribution < 1.29 is 29.4 Å². The predicted molar refractivity (Wildman–Crippen MR) is 132 cm³/mol. The first-order chi connectivity index (χ1) is 15.6. The van der Waals surface area contributed by atoms with E-state index >= 15 is 0 Å². The van der Waals surface area contributed by atoms with Crippen LogP contribution in [0.15, 0.2) is 0 Å². The summed E-state index contributed by atoms with van der Waals surface area (Å²) in [6.07, 6.45) is 4.68. The van der Waals surface area contributed by atoms with Crippen LogP contribution >= 0.6 is 23.5 Å². The first-order valence-electron chi connectivity index (χ1n) is 10.8. The molecule has 0 rings (SSSR count). The second-order valence-electron chi connectivity index (χ2n) is 7.64. The van der Waals surface area contributed by atoms with Gasteiger partial charge in [-0.15, -0.1) is 0 Å². The summed E-state index contributed by atoms with van der Waals surface area (Å²) in [4.78, 5) is 49.4. The van der Waals surface area contributed by atoms with Gasteiger partial charge < -0.3 is 37.6 Å². The number of rotatable bonds is 18. The van der Waals surface area contributed by atoms with Crippen LogP contribution < -0.4 is 27.4 Å². The van der Waals surface area contributed by atoms with E-state index in [1.807, 2.05) is 12.5 Å². The van der Waals surface area contributed by atoms with Gasteiger partial charge in [0.15, 0.2) is 0 Å². The fourth-order valence-corrected chi connectivity index (χ4v) is 3.78. The van der Waals surface area contributed by atoms with Crippen molar-refractivity contribution in [1.82, 2.24) is 16.0 Å².